The van der Waals surface area contributed by atoms with E-state index in [0.717, 1.165) is 24.3 Å². The van der Waals surface area contributed by atoms with Crippen LogP contribution in [0.1, 0.15) is 25.7 Å². The molecule has 2 aromatic carbocycles. The molecule has 0 amide bonds. The van der Waals surface area contributed by atoms with Gasteiger partial charge in [0.05, 0.1) is 13.2 Å². The van der Waals surface area contributed by atoms with Gasteiger partial charge in [-0.1, -0.05) is 36.4 Å². The monoisotopic (exact) mass is 268 g/mol. The number of rotatable bonds is 4. The fourth-order valence-electron chi connectivity index (χ4n) is 2.76. The fraction of sp³-hybridized carbons (Fsp3) is 0.333. The zero-order valence-corrected chi connectivity index (χ0v) is 11.8. The molecule has 1 aliphatic rings. The highest BCUT2D eigenvalue weighted by Gasteiger charge is 2.18. The summed E-state index contributed by atoms with van der Waals surface area (Å²) >= 11 is 0. The highest BCUT2D eigenvalue weighted by atomic mass is 16.5. The van der Waals surface area contributed by atoms with E-state index in [0.29, 0.717) is 6.10 Å². The van der Waals surface area contributed by atoms with Crippen LogP contribution in [0, 0.1) is 0 Å². The molecule has 0 aromatic heterocycles. The smallest absolute Gasteiger partial charge is 0.162 e. The Balaban J connectivity index is 1.90. The quantitative estimate of drug-likeness (QED) is 0.801. The van der Waals surface area contributed by atoms with Crippen LogP contribution in [0.25, 0.3) is 11.1 Å². The van der Waals surface area contributed by atoms with Crippen LogP contribution in [0.2, 0.25) is 0 Å². The highest BCUT2D eigenvalue weighted by molar-refractivity contribution is 5.67. The minimum Gasteiger partial charge on any atom is -0.493 e. The van der Waals surface area contributed by atoms with Gasteiger partial charge in [-0.2, -0.15) is 0 Å². The lowest BCUT2D eigenvalue weighted by Gasteiger charge is -2.17. The highest BCUT2D eigenvalue weighted by Crippen LogP contribution is 2.35. The Labute approximate surface area is 120 Å². The molecule has 1 aliphatic carbocycles. The summed E-state index contributed by atoms with van der Waals surface area (Å²) in [4.78, 5) is 0. The van der Waals surface area contributed by atoms with Crippen LogP contribution in [0.3, 0.4) is 0 Å². The van der Waals surface area contributed by atoms with Crippen LogP contribution in [0.4, 0.5) is 0 Å². The summed E-state index contributed by atoms with van der Waals surface area (Å²) in [6.07, 6.45) is 5.18. The van der Waals surface area contributed by atoms with Crippen molar-refractivity contribution >= 4 is 0 Å². The van der Waals surface area contributed by atoms with Crippen molar-refractivity contribution in [2.45, 2.75) is 31.8 Å². The van der Waals surface area contributed by atoms with Gasteiger partial charge in [-0.15, -0.1) is 0 Å². The third-order valence-corrected chi connectivity index (χ3v) is 3.87. The third-order valence-electron chi connectivity index (χ3n) is 3.87. The molecule has 20 heavy (non-hydrogen) atoms. The van der Waals surface area contributed by atoms with Crippen LogP contribution < -0.4 is 9.47 Å². The van der Waals surface area contributed by atoms with Crippen molar-refractivity contribution in [1.82, 2.24) is 0 Å². The van der Waals surface area contributed by atoms with E-state index in [2.05, 4.69) is 36.4 Å². The first kappa shape index (κ1) is 13.0. The summed E-state index contributed by atoms with van der Waals surface area (Å²) in [5.41, 5.74) is 2.37. The predicted molar refractivity (Wildman–Crippen MR) is 81.3 cm³/mol. The van der Waals surface area contributed by atoms with E-state index in [1.54, 1.807) is 7.11 Å². The molecule has 2 nitrogen and oxygen atoms in total. The predicted octanol–water partition coefficient (Wildman–Crippen LogP) is 4.68. The van der Waals surface area contributed by atoms with Crippen molar-refractivity contribution in [2.24, 2.45) is 0 Å². The topological polar surface area (TPSA) is 18.5 Å². The lowest BCUT2D eigenvalue weighted by atomic mass is 10.1. The first-order valence-corrected chi connectivity index (χ1v) is 7.27. The van der Waals surface area contributed by atoms with E-state index in [-0.39, 0.29) is 0 Å². The van der Waals surface area contributed by atoms with Crippen LogP contribution in [0.5, 0.6) is 11.5 Å². The Bertz CT molecular complexity index is 557. The van der Waals surface area contributed by atoms with Crippen molar-refractivity contribution in [2.75, 3.05) is 7.11 Å². The maximum Gasteiger partial charge on any atom is 0.162 e. The first-order chi connectivity index (χ1) is 9.86. The standard InChI is InChI=1S/C18H20O2/c1-19-17-12-11-15(14-7-3-2-4-8-14)13-18(17)20-16-9-5-6-10-16/h2-4,7-8,11-13,16H,5-6,9-10H2,1H3. The van der Waals surface area contributed by atoms with E-state index in [4.69, 9.17) is 9.47 Å². The van der Waals surface area contributed by atoms with Gasteiger partial charge in [0.15, 0.2) is 11.5 Å². The molecule has 2 heteroatoms. The molecule has 2 aromatic rings. The fourth-order valence-corrected chi connectivity index (χ4v) is 2.76. The van der Waals surface area contributed by atoms with E-state index in [9.17, 15) is 0 Å². The van der Waals surface area contributed by atoms with Crippen molar-refractivity contribution < 1.29 is 9.47 Å². The number of hydrogen-bond donors (Lipinski definition) is 0. The molecule has 0 atom stereocenters. The Hall–Kier alpha value is -1.96. The summed E-state index contributed by atoms with van der Waals surface area (Å²) in [6.45, 7) is 0. The van der Waals surface area contributed by atoms with E-state index in [1.807, 2.05) is 12.1 Å². The zero-order valence-electron chi connectivity index (χ0n) is 11.8. The van der Waals surface area contributed by atoms with Crippen LogP contribution in [0.15, 0.2) is 48.5 Å². The maximum atomic E-state index is 6.13. The second kappa shape index (κ2) is 6.00. The Morgan fingerprint density at radius 3 is 2.30 bits per heavy atom. The Kier molecular flexibility index (Phi) is 3.91. The summed E-state index contributed by atoms with van der Waals surface area (Å²) < 4.78 is 11.6. The molecule has 1 saturated carbocycles. The first-order valence-electron chi connectivity index (χ1n) is 7.27. The Morgan fingerprint density at radius 1 is 0.850 bits per heavy atom. The Morgan fingerprint density at radius 2 is 1.60 bits per heavy atom. The molecule has 0 spiro atoms. The van der Waals surface area contributed by atoms with E-state index in [1.165, 1.54) is 24.0 Å². The van der Waals surface area contributed by atoms with Crippen molar-refractivity contribution in [3.63, 3.8) is 0 Å². The lowest BCUT2D eigenvalue weighted by molar-refractivity contribution is 0.201. The van der Waals surface area contributed by atoms with Crippen LogP contribution in [-0.2, 0) is 0 Å². The van der Waals surface area contributed by atoms with E-state index >= 15 is 0 Å². The van der Waals surface area contributed by atoms with Gasteiger partial charge in [0.1, 0.15) is 0 Å². The van der Waals surface area contributed by atoms with Gasteiger partial charge in [0.25, 0.3) is 0 Å². The molecular weight excluding hydrogens is 248 g/mol. The molecule has 3 rings (SSSR count). The number of hydrogen-bond acceptors (Lipinski definition) is 2. The summed E-state index contributed by atoms with van der Waals surface area (Å²) in [7, 11) is 1.69. The molecule has 0 bridgehead atoms. The van der Waals surface area contributed by atoms with E-state index < -0.39 is 0 Å². The maximum absolute atomic E-state index is 6.13. The van der Waals surface area contributed by atoms with Gasteiger partial charge in [-0.25, -0.2) is 0 Å². The summed E-state index contributed by atoms with van der Waals surface area (Å²) in [6, 6.07) is 16.5. The number of methoxy groups -OCH3 is 1. The third kappa shape index (κ3) is 2.79. The minimum atomic E-state index is 0.343. The summed E-state index contributed by atoms with van der Waals surface area (Å²) in [5, 5.41) is 0. The number of ether oxygens (including phenoxy) is 2. The normalized spacial score (nSPS) is 15.2. The van der Waals surface area contributed by atoms with Gasteiger partial charge in [-0.3, -0.25) is 0 Å². The molecule has 0 saturated heterocycles. The van der Waals surface area contributed by atoms with Crippen LogP contribution >= 0.6 is 0 Å². The molecular formula is C18H20O2. The van der Waals surface area contributed by atoms with Gasteiger partial charge < -0.3 is 9.47 Å². The number of benzene rings is 2. The van der Waals surface area contributed by atoms with Crippen molar-refractivity contribution in [3.8, 4) is 22.6 Å². The minimum absolute atomic E-state index is 0.343. The average molecular weight is 268 g/mol. The van der Waals surface area contributed by atoms with Crippen LogP contribution in [-0.4, -0.2) is 13.2 Å². The van der Waals surface area contributed by atoms with Gasteiger partial charge in [0.2, 0.25) is 0 Å². The average Bonchev–Trinajstić information content (AvgIpc) is 3.01. The molecule has 0 radical (unpaired) electrons. The SMILES string of the molecule is COc1ccc(-c2ccccc2)cc1OC1CCCC1. The molecule has 0 aliphatic heterocycles. The molecule has 104 valence electrons. The zero-order chi connectivity index (χ0) is 13.8. The van der Waals surface area contributed by atoms with Crippen molar-refractivity contribution in [3.05, 3.63) is 48.5 Å². The second-order valence-electron chi connectivity index (χ2n) is 5.26. The molecule has 0 unspecified atom stereocenters. The van der Waals surface area contributed by atoms with Gasteiger partial charge in [-0.05, 0) is 48.9 Å². The molecule has 0 N–H and O–H groups in total. The molecule has 0 heterocycles. The molecule has 1 fully saturated rings. The van der Waals surface area contributed by atoms with Gasteiger partial charge >= 0.3 is 0 Å². The summed E-state index contributed by atoms with van der Waals surface area (Å²) in [5.74, 6) is 1.68. The van der Waals surface area contributed by atoms with Gasteiger partial charge in [0, 0.05) is 0 Å². The van der Waals surface area contributed by atoms with Crippen molar-refractivity contribution in [1.29, 1.82) is 0 Å². The lowest BCUT2D eigenvalue weighted by Crippen LogP contribution is -2.11. The largest absolute Gasteiger partial charge is 0.493 e. The second-order valence-corrected chi connectivity index (χ2v) is 5.26.